The Kier molecular flexibility index (Phi) is 4.21. The van der Waals surface area contributed by atoms with Crippen LogP contribution in [0.2, 0.25) is 10.0 Å². The molecule has 0 saturated heterocycles. The normalized spacial score (nSPS) is 11.2. The first-order chi connectivity index (χ1) is 8.99. The third-order valence-electron chi connectivity index (χ3n) is 2.47. The van der Waals surface area contributed by atoms with Crippen LogP contribution in [0, 0.1) is 5.92 Å². The van der Waals surface area contributed by atoms with Crippen LogP contribution >= 0.6 is 23.2 Å². The van der Waals surface area contributed by atoms with Crippen molar-refractivity contribution in [2.45, 2.75) is 26.9 Å². The monoisotopic (exact) mass is 301 g/mol. The third kappa shape index (κ3) is 3.13. The van der Waals surface area contributed by atoms with Crippen molar-refractivity contribution < 1.29 is 0 Å². The highest BCUT2D eigenvalue weighted by Crippen LogP contribution is 2.14. The summed E-state index contributed by atoms with van der Waals surface area (Å²) in [6.07, 6.45) is 2.80. The first kappa shape index (κ1) is 14.0. The van der Waals surface area contributed by atoms with Gasteiger partial charge in [0.05, 0.1) is 11.2 Å². The van der Waals surface area contributed by atoms with Crippen molar-refractivity contribution in [1.82, 2.24) is 24.5 Å². The summed E-state index contributed by atoms with van der Waals surface area (Å²) in [4.78, 5) is 16.0. The first-order valence-electron chi connectivity index (χ1n) is 5.77. The Hall–Kier alpha value is -1.40. The van der Waals surface area contributed by atoms with Crippen LogP contribution < -0.4 is 5.56 Å². The molecule has 102 valence electrons. The second-order valence-corrected chi connectivity index (χ2v) is 5.31. The van der Waals surface area contributed by atoms with Crippen LogP contribution in [-0.4, -0.2) is 24.5 Å². The molecule has 0 aliphatic heterocycles. The van der Waals surface area contributed by atoms with Crippen LogP contribution in [0.25, 0.3) is 0 Å². The predicted octanol–water partition coefficient (Wildman–Crippen LogP) is 1.85. The Labute approximate surface area is 120 Å². The zero-order valence-electron chi connectivity index (χ0n) is 10.5. The second-order valence-electron chi connectivity index (χ2n) is 4.52. The standard InChI is InChI=1S/C11H13Cl2N5O/c1-7(2)4-17-9(14-6-16-17)5-18-11(19)10(13)8(12)3-15-18/h3,6-7H,4-5H2,1-2H3. The van der Waals surface area contributed by atoms with Crippen LogP contribution in [0.4, 0.5) is 0 Å². The summed E-state index contributed by atoms with van der Waals surface area (Å²) in [5.41, 5.74) is -0.437. The summed E-state index contributed by atoms with van der Waals surface area (Å²) in [5, 5.41) is 8.18. The fourth-order valence-corrected chi connectivity index (χ4v) is 1.87. The average molecular weight is 302 g/mol. The summed E-state index contributed by atoms with van der Waals surface area (Å²) in [6.45, 7) is 5.10. The highest BCUT2D eigenvalue weighted by atomic mass is 35.5. The first-order valence-corrected chi connectivity index (χ1v) is 6.52. The molecule has 6 nitrogen and oxygen atoms in total. The molecule has 0 radical (unpaired) electrons. The van der Waals surface area contributed by atoms with Gasteiger partial charge in [-0.2, -0.15) is 10.2 Å². The van der Waals surface area contributed by atoms with E-state index < -0.39 is 5.56 Å². The molecule has 19 heavy (non-hydrogen) atoms. The molecule has 0 amide bonds. The van der Waals surface area contributed by atoms with E-state index in [0.717, 1.165) is 6.54 Å². The Bertz CT molecular complexity index is 634. The van der Waals surface area contributed by atoms with E-state index in [4.69, 9.17) is 23.2 Å². The molecule has 2 aromatic rings. The largest absolute Gasteiger partial charge is 0.287 e. The lowest BCUT2D eigenvalue weighted by molar-refractivity contribution is 0.453. The molecule has 0 spiro atoms. The number of nitrogens with zero attached hydrogens (tertiary/aromatic N) is 5. The maximum atomic E-state index is 11.9. The Balaban J connectivity index is 2.30. The molecule has 0 bridgehead atoms. The molecule has 0 aliphatic rings. The summed E-state index contributed by atoms with van der Waals surface area (Å²) in [5.74, 6) is 1.08. The molecule has 2 rings (SSSR count). The Morgan fingerprint density at radius 1 is 1.26 bits per heavy atom. The van der Waals surface area contributed by atoms with E-state index in [-0.39, 0.29) is 16.6 Å². The van der Waals surface area contributed by atoms with Gasteiger partial charge in [0.1, 0.15) is 23.7 Å². The fourth-order valence-electron chi connectivity index (χ4n) is 1.60. The minimum absolute atomic E-state index is 0.0356. The lowest BCUT2D eigenvalue weighted by Gasteiger charge is -2.09. The van der Waals surface area contributed by atoms with Crippen molar-refractivity contribution in [2.75, 3.05) is 0 Å². The highest BCUT2D eigenvalue weighted by molar-refractivity contribution is 6.41. The van der Waals surface area contributed by atoms with Crippen LogP contribution in [0.3, 0.4) is 0 Å². The van der Waals surface area contributed by atoms with Crippen LogP contribution in [0.5, 0.6) is 0 Å². The van der Waals surface area contributed by atoms with Crippen LogP contribution in [0.1, 0.15) is 19.7 Å². The third-order valence-corrected chi connectivity index (χ3v) is 3.22. The summed E-state index contributed by atoms with van der Waals surface area (Å²) < 4.78 is 2.97. The molecule has 0 saturated carbocycles. The molecule has 0 atom stereocenters. The zero-order chi connectivity index (χ0) is 14.0. The summed E-state index contributed by atoms with van der Waals surface area (Å²) >= 11 is 11.5. The smallest absolute Gasteiger partial charge is 0.266 e. The Morgan fingerprint density at radius 2 is 2.00 bits per heavy atom. The average Bonchev–Trinajstić information content (AvgIpc) is 2.77. The molecule has 0 fully saturated rings. The number of hydrogen-bond donors (Lipinski definition) is 0. The van der Waals surface area contributed by atoms with Gasteiger partial charge < -0.3 is 0 Å². The maximum absolute atomic E-state index is 11.9. The van der Waals surface area contributed by atoms with Gasteiger partial charge >= 0.3 is 0 Å². The van der Waals surface area contributed by atoms with Crippen LogP contribution in [-0.2, 0) is 13.1 Å². The number of halogens is 2. The van der Waals surface area contributed by atoms with Gasteiger partial charge in [-0.1, -0.05) is 37.0 Å². The van der Waals surface area contributed by atoms with E-state index in [9.17, 15) is 4.79 Å². The van der Waals surface area contributed by atoms with Crippen molar-refractivity contribution in [1.29, 1.82) is 0 Å². The topological polar surface area (TPSA) is 65.6 Å². The van der Waals surface area contributed by atoms with Gasteiger partial charge in [-0.25, -0.2) is 14.3 Å². The SMILES string of the molecule is CC(C)Cn1ncnc1Cn1ncc(Cl)c(Cl)c1=O. The van der Waals surface area contributed by atoms with E-state index in [1.54, 1.807) is 4.68 Å². The predicted molar refractivity (Wildman–Crippen MR) is 72.5 cm³/mol. The maximum Gasteiger partial charge on any atom is 0.287 e. The number of hydrogen-bond acceptors (Lipinski definition) is 4. The zero-order valence-corrected chi connectivity index (χ0v) is 12.1. The van der Waals surface area contributed by atoms with Crippen molar-refractivity contribution in [2.24, 2.45) is 5.92 Å². The molecule has 2 heterocycles. The van der Waals surface area contributed by atoms with Gasteiger partial charge in [0.15, 0.2) is 0 Å². The van der Waals surface area contributed by atoms with E-state index in [2.05, 4.69) is 29.0 Å². The van der Waals surface area contributed by atoms with Gasteiger partial charge in [-0.05, 0) is 5.92 Å². The molecule has 0 aliphatic carbocycles. The molecule has 2 aromatic heterocycles. The Morgan fingerprint density at radius 3 is 2.68 bits per heavy atom. The molecule has 0 unspecified atom stereocenters. The molecule has 0 aromatic carbocycles. The second kappa shape index (κ2) is 5.71. The molecular formula is C11H13Cl2N5O. The molecule has 0 N–H and O–H groups in total. The highest BCUT2D eigenvalue weighted by Gasteiger charge is 2.11. The van der Waals surface area contributed by atoms with Gasteiger partial charge in [0, 0.05) is 6.54 Å². The van der Waals surface area contributed by atoms with Crippen LogP contribution in [0.15, 0.2) is 17.3 Å². The van der Waals surface area contributed by atoms with Crippen molar-refractivity contribution >= 4 is 23.2 Å². The lowest BCUT2D eigenvalue weighted by Crippen LogP contribution is -2.25. The minimum Gasteiger partial charge on any atom is -0.266 e. The lowest BCUT2D eigenvalue weighted by atomic mass is 10.2. The van der Waals surface area contributed by atoms with Crippen molar-refractivity contribution in [3.05, 3.63) is 38.7 Å². The number of rotatable bonds is 4. The fraction of sp³-hybridized carbons (Fsp3) is 0.455. The minimum atomic E-state index is -0.437. The van der Waals surface area contributed by atoms with Crippen molar-refractivity contribution in [3.63, 3.8) is 0 Å². The van der Waals surface area contributed by atoms with E-state index in [0.29, 0.717) is 11.7 Å². The number of aromatic nitrogens is 5. The van der Waals surface area contributed by atoms with E-state index in [1.807, 2.05) is 0 Å². The van der Waals surface area contributed by atoms with Gasteiger partial charge in [-0.15, -0.1) is 0 Å². The molecular weight excluding hydrogens is 289 g/mol. The molecule has 8 heteroatoms. The van der Waals surface area contributed by atoms with Gasteiger partial charge in [0.25, 0.3) is 5.56 Å². The van der Waals surface area contributed by atoms with E-state index >= 15 is 0 Å². The van der Waals surface area contributed by atoms with Gasteiger partial charge in [-0.3, -0.25) is 4.79 Å². The van der Waals surface area contributed by atoms with Gasteiger partial charge in [0.2, 0.25) is 0 Å². The van der Waals surface area contributed by atoms with Crippen molar-refractivity contribution in [3.8, 4) is 0 Å². The summed E-state index contributed by atoms with van der Waals surface area (Å²) in [6, 6.07) is 0. The quantitative estimate of drug-likeness (QED) is 0.864. The van der Waals surface area contributed by atoms with E-state index in [1.165, 1.54) is 17.2 Å². The summed E-state index contributed by atoms with van der Waals surface area (Å²) in [7, 11) is 0.